The van der Waals surface area contributed by atoms with Crippen LogP contribution in [0.5, 0.6) is 0 Å². The highest BCUT2D eigenvalue weighted by Gasteiger charge is 2.13. The fraction of sp³-hybridized carbons (Fsp3) is 0.455. The van der Waals surface area contributed by atoms with Crippen molar-refractivity contribution in [3.63, 3.8) is 0 Å². The molecule has 0 aromatic heterocycles. The van der Waals surface area contributed by atoms with Gasteiger partial charge in [-0.05, 0) is 55.5 Å². The minimum atomic E-state index is -0.418. The minimum Gasteiger partial charge on any atom is -0.100 e. The molecule has 0 saturated heterocycles. The molecule has 0 bridgehead atoms. The summed E-state index contributed by atoms with van der Waals surface area (Å²) in [5.41, 5.74) is 5.99. The Bertz CT molecular complexity index is 301. The first kappa shape index (κ1) is 10.9. The number of aryl methyl sites for hydroxylation is 2. The topological polar surface area (TPSA) is 0 Å². The molecule has 1 rings (SSSR count). The van der Waals surface area contributed by atoms with E-state index < -0.39 is 4.84 Å². The molecule has 0 spiro atoms. The molecule has 0 atom stereocenters. The van der Waals surface area contributed by atoms with E-state index in [1.807, 2.05) is 0 Å². The van der Waals surface area contributed by atoms with Crippen LogP contribution in [0.3, 0.4) is 0 Å². The molecule has 0 radical (unpaired) electrons. The van der Waals surface area contributed by atoms with Gasteiger partial charge in [0.2, 0.25) is 0 Å². The second-order valence-electron chi connectivity index (χ2n) is 3.47. The quantitative estimate of drug-likeness (QED) is 0.611. The Morgan fingerprint density at radius 3 is 1.62 bits per heavy atom. The summed E-state index contributed by atoms with van der Waals surface area (Å²) >= 11 is 11.8. The zero-order valence-electron chi connectivity index (χ0n) is 8.41. The van der Waals surface area contributed by atoms with Crippen LogP contribution in [0.25, 0.3) is 0 Å². The summed E-state index contributed by atoms with van der Waals surface area (Å²) < 4.78 is 0. The predicted molar refractivity (Wildman–Crippen MR) is 59.8 cm³/mol. The molecule has 0 aliphatic rings. The fourth-order valence-corrected chi connectivity index (χ4v) is 2.23. The monoisotopic (exact) mass is 216 g/mol. The summed E-state index contributed by atoms with van der Waals surface area (Å²) in [6.45, 7) is 8.30. The van der Waals surface area contributed by atoms with Crippen molar-refractivity contribution >= 4 is 23.2 Å². The third-order valence-electron chi connectivity index (χ3n) is 2.64. The predicted octanol–water partition coefficient (Wildman–Crippen LogP) is 4.40. The van der Waals surface area contributed by atoms with Crippen molar-refractivity contribution in [3.05, 3.63) is 33.9 Å². The highest BCUT2D eigenvalue weighted by molar-refractivity contribution is 6.44. The van der Waals surface area contributed by atoms with E-state index >= 15 is 0 Å². The van der Waals surface area contributed by atoms with Crippen LogP contribution in [0.2, 0.25) is 0 Å². The number of hydrogen-bond donors (Lipinski definition) is 0. The summed E-state index contributed by atoms with van der Waals surface area (Å²) in [5, 5.41) is 0. The average Bonchev–Trinajstić information content (AvgIpc) is 2.01. The molecule has 0 unspecified atom stereocenters. The SMILES string of the molecule is Cc1cc(C)c(C)c(C(Cl)Cl)c1C. The Hall–Kier alpha value is -0.200. The highest BCUT2D eigenvalue weighted by atomic mass is 35.5. The molecule has 0 aliphatic heterocycles. The van der Waals surface area contributed by atoms with Crippen LogP contribution >= 0.6 is 23.2 Å². The maximum absolute atomic E-state index is 5.92. The summed E-state index contributed by atoms with van der Waals surface area (Å²) in [5.74, 6) is 0. The van der Waals surface area contributed by atoms with Gasteiger partial charge in [0.25, 0.3) is 0 Å². The molecule has 0 aliphatic carbocycles. The zero-order valence-corrected chi connectivity index (χ0v) is 9.92. The second-order valence-corrected chi connectivity index (χ2v) is 4.57. The molecular formula is C11H14Cl2. The molecule has 1 aromatic carbocycles. The van der Waals surface area contributed by atoms with Gasteiger partial charge in [0.1, 0.15) is 4.84 Å². The van der Waals surface area contributed by atoms with Crippen LogP contribution in [0.15, 0.2) is 6.07 Å². The van der Waals surface area contributed by atoms with E-state index in [-0.39, 0.29) is 0 Å². The van der Waals surface area contributed by atoms with Crippen LogP contribution in [0.4, 0.5) is 0 Å². The van der Waals surface area contributed by atoms with Gasteiger partial charge in [0.15, 0.2) is 0 Å². The average molecular weight is 217 g/mol. The molecule has 0 saturated carbocycles. The van der Waals surface area contributed by atoms with Crippen molar-refractivity contribution in [1.82, 2.24) is 0 Å². The first-order valence-electron chi connectivity index (χ1n) is 4.30. The maximum atomic E-state index is 5.92. The van der Waals surface area contributed by atoms with Crippen LogP contribution < -0.4 is 0 Å². The van der Waals surface area contributed by atoms with E-state index in [1.54, 1.807) is 0 Å². The Balaban J connectivity index is 3.46. The third-order valence-corrected chi connectivity index (χ3v) is 3.08. The number of alkyl halides is 2. The molecule has 1 aromatic rings. The fourth-order valence-electron chi connectivity index (χ4n) is 1.57. The summed E-state index contributed by atoms with van der Waals surface area (Å²) in [7, 11) is 0. The maximum Gasteiger partial charge on any atom is 0.133 e. The first-order chi connectivity index (χ1) is 5.95. The van der Waals surface area contributed by atoms with E-state index in [0.29, 0.717) is 0 Å². The van der Waals surface area contributed by atoms with Gasteiger partial charge in [-0.25, -0.2) is 0 Å². The van der Waals surface area contributed by atoms with E-state index in [9.17, 15) is 0 Å². The Kier molecular flexibility index (Phi) is 3.26. The van der Waals surface area contributed by atoms with E-state index in [0.717, 1.165) is 5.56 Å². The summed E-state index contributed by atoms with van der Waals surface area (Å²) in [4.78, 5) is -0.418. The van der Waals surface area contributed by atoms with E-state index in [1.165, 1.54) is 22.3 Å². The van der Waals surface area contributed by atoms with Crippen LogP contribution in [-0.2, 0) is 0 Å². The normalized spacial score (nSPS) is 11.0. The number of halogens is 2. The molecular weight excluding hydrogens is 203 g/mol. The summed E-state index contributed by atoms with van der Waals surface area (Å²) in [6, 6.07) is 2.17. The summed E-state index contributed by atoms with van der Waals surface area (Å²) in [6.07, 6.45) is 0. The lowest BCUT2D eigenvalue weighted by Crippen LogP contribution is -1.98. The lowest BCUT2D eigenvalue weighted by atomic mass is 9.95. The van der Waals surface area contributed by atoms with Gasteiger partial charge >= 0.3 is 0 Å². The molecule has 0 heterocycles. The van der Waals surface area contributed by atoms with Crippen molar-refractivity contribution in [2.24, 2.45) is 0 Å². The molecule has 2 heteroatoms. The van der Waals surface area contributed by atoms with Crippen LogP contribution in [-0.4, -0.2) is 0 Å². The number of hydrogen-bond acceptors (Lipinski definition) is 0. The van der Waals surface area contributed by atoms with Gasteiger partial charge in [0.05, 0.1) is 0 Å². The number of benzene rings is 1. The van der Waals surface area contributed by atoms with Crippen molar-refractivity contribution in [1.29, 1.82) is 0 Å². The van der Waals surface area contributed by atoms with Gasteiger partial charge < -0.3 is 0 Å². The Morgan fingerprint density at radius 2 is 1.31 bits per heavy atom. The molecule has 0 N–H and O–H groups in total. The van der Waals surface area contributed by atoms with Crippen molar-refractivity contribution in [2.45, 2.75) is 32.5 Å². The Morgan fingerprint density at radius 1 is 0.923 bits per heavy atom. The standard InChI is InChI=1S/C11H14Cl2/c1-6-5-7(2)9(4)10(8(6)3)11(12)13/h5,11H,1-4H3. The van der Waals surface area contributed by atoms with Crippen LogP contribution in [0, 0.1) is 27.7 Å². The molecule has 0 amide bonds. The molecule has 13 heavy (non-hydrogen) atoms. The first-order valence-corrected chi connectivity index (χ1v) is 5.18. The van der Waals surface area contributed by atoms with Gasteiger partial charge in [-0.3, -0.25) is 0 Å². The van der Waals surface area contributed by atoms with Gasteiger partial charge in [-0.15, -0.1) is 23.2 Å². The molecule has 72 valence electrons. The highest BCUT2D eigenvalue weighted by Crippen LogP contribution is 2.33. The van der Waals surface area contributed by atoms with Gasteiger partial charge in [0, 0.05) is 0 Å². The smallest absolute Gasteiger partial charge is 0.100 e. The van der Waals surface area contributed by atoms with Gasteiger partial charge in [-0.1, -0.05) is 6.07 Å². The van der Waals surface area contributed by atoms with Gasteiger partial charge in [-0.2, -0.15) is 0 Å². The van der Waals surface area contributed by atoms with Crippen LogP contribution in [0.1, 0.15) is 32.7 Å². The van der Waals surface area contributed by atoms with Crippen molar-refractivity contribution in [3.8, 4) is 0 Å². The number of rotatable bonds is 1. The largest absolute Gasteiger partial charge is 0.133 e. The van der Waals surface area contributed by atoms with E-state index in [4.69, 9.17) is 23.2 Å². The Labute approximate surface area is 89.9 Å². The lowest BCUT2D eigenvalue weighted by Gasteiger charge is -2.15. The van der Waals surface area contributed by atoms with Crippen molar-refractivity contribution < 1.29 is 0 Å². The third kappa shape index (κ3) is 2.00. The molecule has 0 fully saturated rings. The zero-order chi connectivity index (χ0) is 10.2. The minimum absolute atomic E-state index is 0.418. The molecule has 0 nitrogen and oxygen atoms in total. The van der Waals surface area contributed by atoms with Crippen molar-refractivity contribution in [2.75, 3.05) is 0 Å². The van der Waals surface area contributed by atoms with E-state index in [2.05, 4.69) is 33.8 Å². The lowest BCUT2D eigenvalue weighted by molar-refractivity contribution is 1.14. The second kappa shape index (κ2) is 3.89.